The maximum Gasteiger partial charge on any atom is 0.253 e. The Kier molecular flexibility index (Phi) is 5.68. The van der Waals surface area contributed by atoms with Crippen molar-refractivity contribution in [2.75, 3.05) is 39.3 Å². The second-order valence-electron chi connectivity index (χ2n) is 6.76. The molecule has 1 aromatic carbocycles. The van der Waals surface area contributed by atoms with E-state index in [-0.39, 0.29) is 23.7 Å². The third-order valence-electron chi connectivity index (χ3n) is 5.27. The molecule has 0 N–H and O–H groups in total. The molecular formula is C19H26FN3O2. The van der Waals surface area contributed by atoms with Gasteiger partial charge in [-0.1, -0.05) is 13.3 Å². The quantitative estimate of drug-likeness (QED) is 0.840. The summed E-state index contributed by atoms with van der Waals surface area (Å²) in [6.07, 6.45) is 3.20. The van der Waals surface area contributed by atoms with Gasteiger partial charge in [-0.25, -0.2) is 4.39 Å². The summed E-state index contributed by atoms with van der Waals surface area (Å²) in [6.45, 7) is 6.20. The summed E-state index contributed by atoms with van der Waals surface area (Å²) in [5.74, 6) is -0.240. The molecule has 5 nitrogen and oxygen atoms in total. The summed E-state index contributed by atoms with van der Waals surface area (Å²) in [4.78, 5) is 31.2. The highest BCUT2D eigenvalue weighted by molar-refractivity contribution is 5.94. The number of hydrogen-bond donors (Lipinski definition) is 0. The molecule has 2 heterocycles. The predicted molar refractivity (Wildman–Crippen MR) is 93.8 cm³/mol. The highest BCUT2D eigenvalue weighted by atomic mass is 19.1. The van der Waals surface area contributed by atoms with E-state index in [1.807, 2.05) is 4.90 Å². The lowest BCUT2D eigenvalue weighted by molar-refractivity contribution is -0.139. The standard InChI is InChI=1S/C19H26FN3O2/c1-2-21-10-4-3-5-17(21)19(25)23-13-11-22(12-14-23)18(24)15-6-8-16(20)9-7-15/h6-9,17H,2-5,10-14H2,1H3. The molecule has 0 aromatic heterocycles. The molecule has 0 aliphatic carbocycles. The molecule has 3 rings (SSSR count). The first-order valence-electron chi connectivity index (χ1n) is 9.18. The molecule has 1 atom stereocenters. The monoisotopic (exact) mass is 347 g/mol. The molecule has 0 bridgehead atoms. The van der Waals surface area contributed by atoms with Crippen molar-refractivity contribution in [2.24, 2.45) is 0 Å². The largest absolute Gasteiger partial charge is 0.338 e. The van der Waals surface area contributed by atoms with Crippen molar-refractivity contribution in [2.45, 2.75) is 32.2 Å². The van der Waals surface area contributed by atoms with E-state index in [0.717, 1.165) is 32.4 Å². The van der Waals surface area contributed by atoms with E-state index in [4.69, 9.17) is 0 Å². The minimum atomic E-state index is -0.347. The van der Waals surface area contributed by atoms with Gasteiger partial charge in [-0.2, -0.15) is 0 Å². The SMILES string of the molecule is CCN1CCCCC1C(=O)N1CCN(C(=O)c2ccc(F)cc2)CC1. The third-order valence-corrected chi connectivity index (χ3v) is 5.27. The molecule has 0 saturated carbocycles. The zero-order chi connectivity index (χ0) is 17.8. The van der Waals surface area contributed by atoms with E-state index in [9.17, 15) is 14.0 Å². The highest BCUT2D eigenvalue weighted by Crippen LogP contribution is 2.20. The van der Waals surface area contributed by atoms with Crippen molar-refractivity contribution in [1.29, 1.82) is 0 Å². The van der Waals surface area contributed by atoms with Gasteiger partial charge < -0.3 is 9.80 Å². The van der Waals surface area contributed by atoms with E-state index in [1.54, 1.807) is 4.90 Å². The van der Waals surface area contributed by atoms with Gasteiger partial charge in [-0.15, -0.1) is 0 Å². The van der Waals surface area contributed by atoms with Crippen molar-refractivity contribution in [3.05, 3.63) is 35.6 Å². The van der Waals surface area contributed by atoms with Gasteiger partial charge in [-0.3, -0.25) is 14.5 Å². The second kappa shape index (κ2) is 7.95. The summed E-state index contributed by atoms with van der Waals surface area (Å²) in [5, 5.41) is 0. The second-order valence-corrected chi connectivity index (χ2v) is 6.76. The Hall–Kier alpha value is -1.95. The zero-order valence-corrected chi connectivity index (χ0v) is 14.8. The lowest BCUT2D eigenvalue weighted by Gasteiger charge is -2.40. The molecule has 2 amide bonds. The number of carbonyl (C=O) groups excluding carboxylic acids is 2. The van der Waals surface area contributed by atoms with Crippen LogP contribution in [0.5, 0.6) is 0 Å². The van der Waals surface area contributed by atoms with Gasteiger partial charge in [-0.05, 0) is 50.2 Å². The summed E-state index contributed by atoms with van der Waals surface area (Å²) < 4.78 is 13.0. The van der Waals surface area contributed by atoms with E-state index in [2.05, 4.69) is 11.8 Å². The third kappa shape index (κ3) is 4.00. The molecule has 0 radical (unpaired) electrons. The van der Waals surface area contributed by atoms with Crippen LogP contribution in [0.15, 0.2) is 24.3 Å². The van der Waals surface area contributed by atoms with Crippen LogP contribution >= 0.6 is 0 Å². The highest BCUT2D eigenvalue weighted by Gasteiger charge is 2.33. The fraction of sp³-hybridized carbons (Fsp3) is 0.579. The van der Waals surface area contributed by atoms with Crippen LogP contribution in [-0.2, 0) is 4.79 Å². The smallest absolute Gasteiger partial charge is 0.253 e. The van der Waals surface area contributed by atoms with Crippen LogP contribution in [0, 0.1) is 5.82 Å². The lowest BCUT2D eigenvalue weighted by Crippen LogP contribution is -2.56. The van der Waals surface area contributed by atoms with Crippen LogP contribution < -0.4 is 0 Å². The van der Waals surface area contributed by atoms with Crippen molar-refractivity contribution >= 4 is 11.8 Å². The Morgan fingerprint density at radius 3 is 2.28 bits per heavy atom. The van der Waals surface area contributed by atoms with Crippen molar-refractivity contribution in [3.8, 4) is 0 Å². The summed E-state index contributed by atoms with van der Waals surface area (Å²) in [5.41, 5.74) is 0.491. The number of piperazine rings is 1. The normalized spacial score (nSPS) is 22.1. The minimum Gasteiger partial charge on any atom is -0.338 e. The van der Waals surface area contributed by atoms with Crippen molar-refractivity contribution < 1.29 is 14.0 Å². The average molecular weight is 347 g/mol. The zero-order valence-electron chi connectivity index (χ0n) is 14.8. The summed E-state index contributed by atoms with van der Waals surface area (Å²) in [6, 6.07) is 5.62. The molecule has 2 aliphatic rings. The summed E-state index contributed by atoms with van der Waals surface area (Å²) >= 11 is 0. The maximum absolute atomic E-state index is 13.0. The number of amides is 2. The number of nitrogens with zero attached hydrogens (tertiary/aromatic N) is 3. The number of halogens is 1. The van der Waals surface area contributed by atoms with Crippen LogP contribution in [0.1, 0.15) is 36.5 Å². The fourth-order valence-electron chi connectivity index (χ4n) is 3.76. The Morgan fingerprint density at radius 2 is 1.64 bits per heavy atom. The molecule has 2 saturated heterocycles. The number of rotatable bonds is 3. The number of carbonyl (C=O) groups is 2. The first-order chi connectivity index (χ1) is 12.1. The Labute approximate surface area is 148 Å². The van der Waals surface area contributed by atoms with E-state index < -0.39 is 0 Å². The number of benzene rings is 1. The maximum atomic E-state index is 13.0. The first kappa shape index (κ1) is 17.9. The van der Waals surface area contributed by atoms with Gasteiger partial charge in [0.25, 0.3) is 5.91 Å². The summed E-state index contributed by atoms with van der Waals surface area (Å²) in [7, 11) is 0. The number of piperidine rings is 1. The Balaban J connectivity index is 1.56. The number of likely N-dealkylation sites (N-methyl/N-ethyl adjacent to an activating group) is 1. The van der Waals surface area contributed by atoms with Gasteiger partial charge in [0.2, 0.25) is 5.91 Å². The lowest BCUT2D eigenvalue weighted by atomic mass is 10.0. The molecule has 1 aromatic rings. The molecule has 136 valence electrons. The molecular weight excluding hydrogens is 321 g/mol. The number of likely N-dealkylation sites (tertiary alicyclic amines) is 1. The van der Waals surface area contributed by atoms with Gasteiger partial charge >= 0.3 is 0 Å². The van der Waals surface area contributed by atoms with E-state index in [0.29, 0.717) is 31.7 Å². The Morgan fingerprint density at radius 1 is 1.00 bits per heavy atom. The predicted octanol–water partition coefficient (Wildman–Crippen LogP) is 1.98. The number of hydrogen-bond acceptors (Lipinski definition) is 3. The van der Waals surface area contributed by atoms with Gasteiger partial charge in [0.05, 0.1) is 6.04 Å². The van der Waals surface area contributed by atoms with Gasteiger partial charge in [0.15, 0.2) is 0 Å². The molecule has 2 fully saturated rings. The van der Waals surface area contributed by atoms with Crippen LogP contribution in [0.25, 0.3) is 0 Å². The van der Waals surface area contributed by atoms with E-state index >= 15 is 0 Å². The first-order valence-corrected chi connectivity index (χ1v) is 9.18. The Bertz CT molecular complexity index is 612. The van der Waals surface area contributed by atoms with Crippen molar-refractivity contribution in [1.82, 2.24) is 14.7 Å². The molecule has 1 unspecified atom stereocenters. The molecule has 6 heteroatoms. The van der Waals surface area contributed by atoms with Crippen molar-refractivity contribution in [3.63, 3.8) is 0 Å². The van der Waals surface area contributed by atoms with Crippen LogP contribution in [0.2, 0.25) is 0 Å². The van der Waals surface area contributed by atoms with Crippen LogP contribution in [0.4, 0.5) is 4.39 Å². The minimum absolute atomic E-state index is 0.00176. The van der Waals surface area contributed by atoms with Crippen LogP contribution in [-0.4, -0.2) is 71.8 Å². The average Bonchev–Trinajstić information content (AvgIpc) is 2.67. The molecule has 2 aliphatic heterocycles. The van der Waals surface area contributed by atoms with Crippen LogP contribution in [0.3, 0.4) is 0 Å². The van der Waals surface area contributed by atoms with Gasteiger partial charge in [0.1, 0.15) is 5.82 Å². The molecule has 25 heavy (non-hydrogen) atoms. The fourth-order valence-corrected chi connectivity index (χ4v) is 3.76. The molecule has 0 spiro atoms. The van der Waals surface area contributed by atoms with E-state index in [1.165, 1.54) is 24.3 Å². The van der Waals surface area contributed by atoms with Gasteiger partial charge in [0, 0.05) is 31.7 Å². The topological polar surface area (TPSA) is 43.9 Å².